The van der Waals surface area contributed by atoms with Crippen molar-refractivity contribution < 1.29 is 13.4 Å². The minimum Gasteiger partial charge on any atom is -0.427 e. The Morgan fingerprint density at radius 2 is 1.75 bits per heavy atom. The van der Waals surface area contributed by atoms with E-state index in [1.807, 2.05) is 0 Å². The van der Waals surface area contributed by atoms with Crippen LogP contribution in [0.25, 0.3) is 0 Å². The number of halogens is 4. The number of hydrogen-bond donors (Lipinski definition) is 1. The predicted octanol–water partition coefficient (Wildman–Crippen LogP) is 3.14. The van der Waals surface area contributed by atoms with Crippen molar-refractivity contribution in [1.82, 2.24) is 4.33 Å². The average Bonchev–Trinajstić information content (AvgIpc) is 2.50. The first-order valence-corrected chi connectivity index (χ1v) is 9.79. The van der Waals surface area contributed by atoms with Crippen molar-refractivity contribution in [2.24, 2.45) is 5.10 Å². The topological polar surface area (TPSA) is 70.0 Å². The summed E-state index contributed by atoms with van der Waals surface area (Å²) in [5, 5.41) is 14.3. The van der Waals surface area contributed by atoms with Gasteiger partial charge in [-0.25, -0.2) is 8.42 Å². The Bertz CT molecular complexity index is 971. The molecule has 0 unspecified atom stereocenters. The van der Waals surface area contributed by atoms with Gasteiger partial charge in [-0.3, -0.25) is 0 Å². The molecule has 24 heavy (non-hydrogen) atoms. The summed E-state index contributed by atoms with van der Waals surface area (Å²) < 4.78 is 27.0. The highest BCUT2D eigenvalue weighted by Crippen LogP contribution is 2.33. The third-order valence-electron chi connectivity index (χ3n) is 3.35. The summed E-state index contributed by atoms with van der Waals surface area (Å²) in [7, 11) is -5.73. The van der Waals surface area contributed by atoms with Gasteiger partial charge >= 0.3 is 7.05 Å². The van der Waals surface area contributed by atoms with E-state index >= 15 is 0 Å². The molecule has 0 amide bonds. The summed E-state index contributed by atoms with van der Waals surface area (Å²) in [4.78, 5) is -0.296. The van der Waals surface area contributed by atoms with Gasteiger partial charge in [-0.05, 0) is 35.3 Å². The number of hydrogen-bond acceptors (Lipinski definition) is 4. The Morgan fingerprint density at radius 3 is 2.46 bits per heavy atom. The van der Waals surface area contributed by atoms with E-state index < -0.39 is 17.1 Å². The van der Waals surface area contributed by atoms with Gasteiger partial charge in [0.05, 0.1) is 21.3 Å². The van der Waals surface area contributed by atoms with E-state index in [0.29, 0.717) is 15.4 Å². The molecule has 2 aromatic carbocycles. The predicted molar refractivity (Wildman–Crippen MR) is 99.8 cm³/mol. The lowest BCUT2D eigenvalue weighted by Crippen LogP contribution is -2.52. The van der Waals surface area contributed by atoms with E-state index in [1.54, 1.807) is 18.2 Å². The lowest BCUT2D eigenvalue weighted by molar-refractivity contribution is 0.476. The van der Waals surface area contributed by atoms with Crippen molar-refractivity contribution in [1.29, 1.82) is 0 Å². The van der Waals surface area contributed by atoms with E-state index in [4.69, 9.17) is 34.8 Å². The van der Waals surface area contributed by atoms with Gasteiger partial charge in [0.2, 0.25) is 0 Å². The van der Waals surface area contributed by atoms with Gasteiger partial charge < -0.3 is 5.02 Å². The molecule has 2 aromatic rings. The molecule has 0 saturated carbocycles. The molecule has 5 nitrogen and oxygen atoms in total. The molecule has 124 valence electrons. The SMILES string of the molecule is O=S(=O)(c1cc(Cl)c(Cl)cc1Cl)N1N=Cc2cc(Br)ccc2B1O. The monoisotopic (exact) mass is 466 g/mol. The molecule has 3 rings (SSSR count). The van der Waals surface area contributed by atoms with Crippen LogP contribution in [-0.4, -0.2) is 31.0 Å². The fraction of sp³-hybridized carbons (Fsp3) is 0. The van der Waals surface area contributed by atoms with Crippen LogP contribution < -0.4 is 5.46 Å². The molecule has 1 aliphatic rings. The first-order chi connectivity index (χ1) is 11.2. The Hall–Kier alpha value is -0.765. The fourth-order valence-corrected chi connectivity index (χ4v) is 4.79. The molecule has 0 spiro atoms. The van der Waals surface area contributed by atoms with Gasteiger partial charge in [0.15, 0.2) is 0 Å². The Labute approximate surface area is 162 Å². The number of benzene rings is 2. The number of sulfonamides is 1. The van der Waals surface area contributed by atoms with Gasteiger partial charge in [-0.1, -0.05) is 56.8 Å². The van der Waals surface area contributed by atoms with Gasteiger partial charge in [0.25, 0.3) is 10.0 Å². The van der Waals surface area contributed by atoms with Crippen LogP contribution in [0, 0.1) is 0 Å². The van der Waals surface area contributed by atoms with Crippen LogP contribution in [0.2, 0.25) is 15.1 Å². The zero-order valence-electron chi connectivity index (χ0n) is 11.6. The summed E-state index contributed by atoms with van der Waals surface area (Å²) in [6.07, 6.45) is 1.34. The second-order valence-electron chi connectivity index (χ2n) is 4.87. The second-order valence-corrected chi connectivity index (χ2v) is 8.77. The van der Waals surface area contributed by atoms with Crippen LogP contribution in [0.1, 0.15) is 5.56 Å². The maximum absolute atomic E-state index is 12.8. The van der Waals surface area contributed by atoms with Crippen LogP contribution in [-0.2, 0) is 10.0 Å². The first kappa shape index (κ1) is 18.0. The molecule has 1 heterocycles. The van der Waals surface area contributed by atoms with Gasteiger partial charge in [-0.2, -0.15) is 9.43 Å². The Balaban J connectivity index is 2.10. The molecule has 0 aromatic heterocycles. The first-order valence-electron chi connectivity index (χ1n) is 6.42. The molecular formula is C13H7BBrCl3N2O3S. The van der Waals surface area contributed by atoms with Crippen LogP contribution in [0.3, 0.4) is 0 Å². The van der Waals surface area contributed by atoms with E-state index in [9.17, 15) is 13.4 Å². The van der Waals surface area contributed by atoms with E-state index in [0.717, 1.165) is 10.5 Å². The lowest BCUT2D eigenvalue weighted by Gasteiger charge is -2.26. The van der Waals surface area contributed by atoms with Crippen molar-refractivity contribution in [2.45, 2.75) is 4.90 Å². The van der Waals surface area contributed by atoms with E-state index in [-0.39, 0.29) is 20.0 Å². The second kappa shape index (κ2) is 6.51. The summed E-state index contributed by atoms with van der Waals surface area (Å²) in [5.74, 6) is 0. The standard InChI is InChI=1S/C13H7BBrCl3N2O3S/c15-8-1-2-9-7(3-8)6-19-20(14(9)21)24(22,23)13-5-11(17)10(16)4-12(13)18/h1-6,21H. The number of hydrazone groups is 1. The number of rotatable bonds is 2. The summed E-state index contributed by atoms with van der Waals surface area (Å²) >= 11 is 21.0. The molecule has 0 bridgehead atoms. The zero-order chi connectivity index (χ0) is 17.6. The minimum absolute atomic E-state index is 0.0273. The summed E-state index contributed by atoms with van der Waals surface area (Å²) in [5.41, 5.74) is 0.997. The highest BCUT2D eigenvalue weighted by Gasteiger charge is 2.39. The maximum Gasteiger partial charge on any atom is 0.484 e. The minimum atomic E-state index is -4.24. The van der Waals surface area contributed by atoms with Crippen molar-refractivity contribution in [3.63, 3.8) is 0 Å². The van der Waals surface area contributed by atoms with Gasteiger partial charge in [-0.15, -0.1) is 0 Å². The number of nitrogens with zero attached hydrogens (tertiary/aromatic N) is 2. The van der Waals surface area contributed by atoms with Crippen molar-refractivity contribution in [2.75, 3.05) is 0 Å². The highest BCUT2D eigenvalue weighted by molar-refractivity contribution is 9.10. The Kier molecular flexibility index (Phi) is 4.90. The van der Waals surface area contributed by atoms with E-state index in [2.05, 4.69) is 21.0 Å². The van der Waals surface area contributed by atoms with Crippen LogP contribution in [0.15, 0.2) is 44.8 Å². The molecule has 0 atom stereocenters. The van der Waals surface area contributed by atoms with Crippen molar-refractivity contribution in [3.05, 3.63) is 55.4 Å². The van der Waals surface area contributed by atoms with Crippen LogP contribution in [0.4, 0.5) is 0 Å². The quantitative estimate of drug-likeness (QED) is 0.544. The molecular weight excluding hydrogens is 461 g/mol. The Morgan fingerprint density at radius 1 is 1.08 bits per heavy atom. The van der Waals surface area contributed by atoms with Gasteiger partial charge in [0, 0.05) is 4.47 Å². The largest absolute Gasteiger partial charge is 0.484 e. The molecule has 0 aliphatic carbocycles. The summed E-state index contributed by atoms with van der Waals surface area (Å²) in [6, 6.07) is 7.37. The molecule has 1 aliphatic heterocycles. The molecule has 1 N–H and O–H groups in total. The van der Waals surface area contributed by atoms with Crippen molar-refractivity contribution >= 4 is 79.5 Å². The zero-order valence-corrected chi connectivity index (χ0v) is 16.3. The molecule has 0 radical (unpaired) electrons. The van der Waals surface area contributed by atoms with E-state index in [1.165, 1.54) is 12.3 Å². The maximum atomic E-state index is 12.8. The molecule has 11 heteroatoms. The third-order valence-corrected chi connectivity index (χ3v) is 6.67. The average molecular weight is 468 g/mol. The van der Waals surface area contributed by atoms with Gasteiger partial charge in [0.1, 0.15) is 4.90 Å². The fourth-order valence-electron chi connectivity index (χ4n) is 2.19. The number of fused-ring (bicyclic) bond motifs is 1. The molecule has 0 fully saturated rings. The smallest absolute Gasteiger partial charge is 0.427 e. The summed E-state index contributed by atoms with van der Waals surface area (Å²) in [6.45, 7) is 0. The highest BCUT2D eigenvalue weighted by atomic mass is 79.9. The van der Waals surface area contributed by atoms with Crippen LogP contribution >= 0.6 is 50.7 Å². The van der Waals surface area contributed by atoms with Crippen molar-refractivity contribution in [3.8, 4) is 0 Å². The lowest BCUT2D eigenvalue weighted by atomic mass is 9.72. The molecule has 0 saturated heterocycles. The normalized spacial score (nSPS) is 14.0. The van der Waals surface area contributed by atoms with Crippen LogP contribution in [0.5, 0.6) is 0 Å². The third kappa shape index (κ3) is 3.07.